The minimum Gasteiger partial charge on any atom is -0.330 e. The van der Waals surface area contributed by atoms with Crippen molar-refractivity contribution in [2.45, 2.75) is 13.3 Å². The molecule has 0 aliphatic rings. The Balaban J connectivity index is 3.04. The van der Waals surface area contributed by atoms with Crippen LogP contribution >= 0.6 is 23.4 Å². The summed E-state index contributed by atoms with van der Waals surface area (Å²) in [4.78, 5) is 0. The third-order valence-corrected chi connectivity index (χ3v) is 2.62. The van der Waals surface area contributed by atoms with Crippen LogP contribution in [0.5, 0.6) is 0 Å². The Bertz CT molecular complexity index is 104. The maximum absolute atomic E-state index is 5.46. The van der Waals surface area contributed by atoms with E-state index in [2.05, 4.69) is 0 Å². The van der Waals surface area contributed by atoms with Gasteiger partial charge in [0.1, 0.15) is 0 Å². The molecule has 0 aromatic carbocycles. The standard InChI is InChI=1S/C7H14ClNS/c1-7(5-8)6-10-4-2-3-9/h5H,2-4,6,9H2,1H3. The number of rotatable bonds is 5. The van der Waals surface area contributed by atoms with Gasteiger partial charge in [-0.1, -0.05) is 17.2 Å². The summed E-state index contributed by atoms with van der Waals surface area (Å²) >= 11 is 7.34. The van der Waals surface area contributed by atoms with Crippen molar-refractivity contribution in [3.63, 3.8) is 0 Å². The van der Waals surface area contributed by atoms with Crippen molar-refractivity contribution >= 4 is 23.4 Å². The van der Waals surface area contributed by atoms with Crippen LogP contribution in [0.1, 0.15) is 13.3 Å². The highest BCUT2D eigenvalue weighted by Gasteiger charge is 1.89. The quantitative estimate of drug-likeness (QED) is 0.655. The Morgan fingerprint density at radius 2 is 2.40 bits per heavy atom. The van der Waals surface area contributed by atoms with Gasteiger partial charge in [-0.05, 0) is 25.6 Å². The van der Waals surface area contributed by atoms with Crippen LogP contribution in [0.4, 0.5) is 0 Å². The maximum Gasteiger partial charge on any atom is 0.0152 e. The topological polar surface area (TPSA) is 26.0 Å². The van der Waals surface area contributed by atoms with E-state index in [1.54, 1.807) is 5.54 Å². The number of halogens is 1. The van der Waals surface area contributed by atoms with Crippen molar-refractivity contribution < 1.29 is 0 Å². The predicted molar refractivity (Wildman–Crippen MR) is 50.6 cm³/mol. The lowest BCUT2D eigenvalue weighted by atomic mass is 10.4. The summed E-state index contributed by atoms with van der Waals surface area (Å²) < 4.78 is 0. The lowest BCUT2D eigenvalue weighted by Crippen LogP contribution is -1.99. The third-order valence-electron chi connectivity index (χ3n) is 1.01. The van der Waals surface area contributed by atoms with Crippen LogP contribution in [-0.4, -0.2) is 18.1 Å². The van der Waals surface area contributed by atoms with Gasteiger partial charge in [0, 0.05) is 11.3 Å². The highest BCUT2D eigenvalue weighted by atomic mass is 35.5. The molecule has 0 saturated heterocycles. The van der Waals surface area contributed by atoms with E-state index in [1.165, 1.54) is 5.57 Å². The molecule has 0 saturated carbocycles. The van der Waals surface area contributed by atoms with Crippen LogP contribution < -0.4 is 5.73 Å². The fraction of sp³-hybridized carbons (Fsp3) is 0.714. The lowest BCUT2D eigenvalue weighted by molar-refractivity contribution is 0.943. The van der Waals surface area contributed by atoms with Crippen LogP contribution in [0.15, 0.2) is 11.1 Å². The van der Waals surface area contributed by atoms with Gasteiger partial charge in [-0.25, -0.2) is 0 Å². The molecule has 0 amide bonds. The number of thioether (sulfide) groups is 1. The van der Waals surface area contributed by atoms with Crippen molar-refractivity contribution in [1.82, 2.24) is 0 Å². The van der Waals surface area contributed by atoms with E-state index < -0.39 is 0 Å². The van der Waals surface area contributed by atoms with Crippen LogP contribution in [0.2, 0.25) is 0 Å². The summed E-state index contributed by atoms with van der Waals surface area (Å²) in [5.41, 5.74) is 8.18. The van der Waals surface area contributed by atoms with E-state index in [-0.39, 0.29) is 0 Å². The van der Waals surface area contributed by atoms with Gasteiger partial charge in [0.15, 0.2) is 0 Å². The molecule has 10 heavy (non-hydrogen) atoms. The summed E-state index contributed by atoms with van der Waals surface area (Å²) in [5.74, 6) is 2.17. The lowest BCUT2D eigenvalue weighted by Gasteiger charge is -1.98. The third kappa shape index (κ3) is 6.46. The molecule has 0 aliphatic carbocycles. The highest BCUT2D eigenvalue weighted by Crippen LogP contribution is 2.08. The van der Waals surface area contributed by atoms with E-state index in [0.29, 0.717) is 0 Å². The number of nitrogens with two attached hydrogens (primary N) is 1. The summed E-state index contributed by atoms with van der Waals surface area (Å²) in [6, 6.07) is 0. The molecule has 0 rings (SSSR count). The van der Waals surface area contributed by atoms with Gasteiger partial charge in [-0.2, -0.15) is 11.8 Å². The first-order chi connectivity index (χ1) is 4.81. The van der Waals surface area contributed by atoms with Crippen molar-refractivity contribution in [2.24, 2.45) is 5.73 Å². The molecule has 3 heteroatoms. The molecule has 0 spiro atoms. The monoisotopic (exact) mass is 179 g/mol. The molecule has 0 atom stereocenters. The molecule has 2 N–H and O–H groups in total. The van der Waals surface area contributed by atoms with Crippen LogP contribution in [0, 0.1) is 0 Å². The molecule has 0 aliphatic heterocycles. The second kappa shape index (κ2) is 7.45. The molecular weight excluding hydrogens is 166 g/mol. The van der Waals surface area contributed by atoms with E-state index in [4.69, 9.17) is 17.3 Å². The zero-order valence-corrected chi connectivity index (χ0v) is 7.84. The fourth-order valence-corrected chi connectivity index (χ4v) is 1.54. The van der Waals surface area contributed by atoms with Crippen molar-refractivity contribution in [3.05, 3.63) is 11.1 Å². The molecule has 0 aromatic rings. The molecule has 0 unspecified atom stereocenters. The Labute approximate surface area is 72.0 Å². The Hall–Kier alpha value is 0.340. The second-order valence-corrected chi connectivity index (χ2v) is 3.47. The minimum absolute atomic E-state index is 0.788. The summed E-state index contributed by atoms with van der Waals surface area (Å²) in [6.07, 6.45) is 1.10. The highest BCUT2D eigenvalue weighted by molar-refractivity contribution is 7.99. The predicted octanol–water partition coefficient (Wildman–Crippen LogP) is 2.21. The van der Waals surface area contributed by atoms with Crippen LogP contribution in [0.25, 0.3) is 0 Å². The number of hydrogen-bond acceptors (Lipinski definition) is 2. The molecular formula is C7H14ClNS. The Morgan fingerprint density at radius 1 is 1.70 bits per heavy atom. The smallest absolute Gasteiger partial charge is 0.0152 e. The van der Waals surface area contributed by atoms with Gasteiger partial charge in [-0.15, -0.1) is 0 Å². The molecule has 0 radical (unpaired) electrons. The van der Waals surface area contributed by atoms with Crippen molar-refractivity contribution in [3.8, 4) is 0 Å². The maximum atomic E-state index is 5.46. The second-order valence-electron chi connectivity index (χ2n) is 2.15. The van der Waals surface area contributed by atoms with Gasteiger partial charge in [0.05, 0.1) is 0 Å². The van der Waals surface area contributed by atoms with Crippen LogP contribution in [0.3, 0.4) is 0 Å². The van der Waals surface area contributed by atoms with Crippen molar-refractivity contribution in [2.75, 3.05) is 18.1 Å². The summed E-state index contributed by atoms with van der Waals surface area (Å²) in [5, 5.41) is 0. The van der Waals surface area contributed by atoms with Crippen LogP contribution in [-0.2, 0) is 0 Å². The summed E-state index contributed by atoms with van der Waals surface area (Å²) in [7, 11) is 0. The van der Waals surface area contributed by atoms with E-state index in [9.17, 15) is 0 Å². The van der Waals surface area contributed by atoms with E-state index in [0.717, 1.165) is 24.5 Å². The Morgan fingerprint density at radius 3 is 2.90 bits per heavy atom. The van der Waals surface area contributed by atoms with Gasteiger partial charge in [0.25, 0.3) is 0 Å². The largest absolute Gasteiger partial charge is 0.330 e. The molecule has 0 bridgehead atoms. The SMILES string of the molecule is CC(=CCl)CSCCCN. The van der Waals surface area contributed by atoms with Gasteiger partial charge >= 0.3 is 0 Å². The molecule has 60 valence electrons. The van der Waals surface area contributed by atoms with Gasteiger partial charge in [0.2, 0.25) is 0 Å². The molecule has 0 heterocycles. The molecule has 0 fully saturated rings. The van der Waals surface area contributed by atoms with E-state index in [1.807, 2.05) is 18.7 Å². The average molecular weight is 180 g/mol. The van der Waals surface area contributed by atoms with E-state index >= 15 is 0 Å². The Kier molecular flexibility index (Phi) is 7.70. The normalized spacial score (nSPS) is 12.1. The summed E-state index contributed by atoms with van der Waals surface area (Å²) in [6.45, 7) is 2.82. The molecule has 1 nitrogen and oxygen atoms in total. The zero-order valence-electron chi connectivity index (χ0n) is 6.27. The first-order valence-electron chi connectivity index (χ1n) is 3.35. The minimum atomic E-state index is 0.788. The fourth-order valence-electron chi connectivity index (χ4n) is 0.450. The average Bonchev–Trinajstić information content (AvgIpc) is 1.98. The first-order valence-corrected chi connectivity index (χ1v) is 4.94. The van der Waals surface area contributed by atoms with Crippen molar-refractivity contribution in [1.29, 1.82) is 0 Å². The zero-order chi connectivity index (χ0) is 7.82. The molecule has 0 aromatic heterocycles. The van der Waals surface area contributed by atoms with Gasteiger partial charge < -0.3 is 5.73 Å². The first kappa shape index (κ1) is 10.3. The number of hydrogen-bond donors (Lipinski definition) is 1. The van der Waals surface area contributed by atoms with Gasteiger partial charge in [-0.3, -0.25) is 0 Å².